The molecule has 2 N–H and O–H groups in total. The minimum Gasteiger partial charge on any atom is -0.461 e. The van der Waals surface area contributed by atoms with Crippen LogP contribution in [0.25, 0.3) is 0 Å². The van der Waals surface area contributed by atoms with Crippen molar-refractivity contribution in [2.75, 3.05) is 7.05 Å². The lowest BCUT2D eigenvalue weighted by Crippen LogP contribution is -2.23. The smallest absolute Gasteiger partial charge is 0.273 e. The van der Waals surface area contributed by atoms with Gasteiger partial charge in [-0.3, -0.25) is 14.3 Å². The van der Waals surface area contributed by atoms with Crippen LogP contribution >= 0.6 is 0 Å². The van der Waals surface area contributed by atoms with Crippen molar-refractivity contribution in [1.29, 1.82) is 0 Å². The van der Waals surface area contributed by atoms with Crippen LogP contribution in [0.2, 0.25) is 0 Å². The Morgan fingerprint density at radius 3 is 2.33 bits per heavy atom. The van der Waals surface area contributed by atoms with Gasteiger partial charge in [-0.25, -0.2) is 13.5 Å². The van der Waals surface area contributed by atoms with Crippen molar-refractivity contribution in [1.82, 2.24) is 40.6 Å². The number of hydrogen-bond acceptors (Lipinski definition) is 7. The normalized spacial score (nSPS) is 12.7. The van der Waals surface area contributed by atoms with E-state index in [0.717, 1.165) is 5.56 Å². The highest BCUT2D eigenvalue weighted by Gasteiger charge is 2.15. The Balaban J connectivity index is 1.44. The number of carbonyl (C=O) groups is 2. The Bertz CT molecular complexity index is 1070. The average molecular weight is 462 g/mol. The van der Waals surface area contributed by atoms with Crippen LogP contribution in [-0.4, -0.2) is 61.4 Å². The molecule has 2 amide bonds. The van der Waals surface area contributed by atoms with Crippen molar-refractivity contribution in [3.8, 4) is 5.75 Å². The minimum atomic E-state index is -1.41. The highest BCUT2D eigenvalue weighted by Crippen LogP contribution is 2.14. The molecule has 0 radical (unpaired) electrons. The van der Waals surface area contributed by atoms with Crippen molar-refractivity contribution in [2.24, 2.45) is 0 Å². The number of aromatic nitrogens is 6. The van der Waals surface area contributed by atoms with E-state index in [9.17, 15) is 18.4 Å². The summed E-state index contributed by atoms with van der Waals surface area (Å²) in [6, 6.07) is 6.62. The van der Waals surface area contributed by atoms with Crippen LogP contribution in [0, 0.1) is 0 Å². The van der Waals surface area contributed by atoms with E-state index in [0.29, 0.717) is 5.75 Å². The predicted octanol–water partition coefficient (Wildman–Crippen LogP) is 1.28. The van der Waals surface area contributed by atoms with Gasteiger partial charge in [0.25, 0.3) is 11.8 Å². The summed E-state index contributed by atoms with van der Waals surface area (Å²) < 4.78 is 34.7. The van der Waals surface area contributed by atoms with Crippen LogP contribution in [0.4, 0.5) is 8.78 Å². The van der Waals surface area contributed by atoms with Crippen LogP contribution in [-0.2, 0) is 19.6 Å². The van der Waals surface area contributed by atoms with E-state index in [1.54, 1.807) is 24.3 Å². The summed E-state index contributed by atoms with van der Waals surface area (Å²) in [6.45, 7) is 1.64. The summed E-state index contributed by atoms with van der Waals surface area (Å²) in [4.78, 5) is 23.7. The molecule has 33 heavy (non-hydrogen) atoms. The van der Waals surface area contributed by atoms with E-state index < -0.39 is 18.4 Å². The predicted molar refractivity (Wildman–Crippen MR) is 112 cm³/mol. The number of rotatable bonds is 11. The van der Waals surface area contributed by atoms with E-state index in [1.807, 2.05) is 0 Å². The van der Waals surface area contributed by atoms with Gasteiger partial charge in [-0.15, -0.1) is 10.2 Å². The number of amides is 2. The van der Waals surface area contributed by atoms with E-state index in [-0.39, 0.29) is 43.4 Å². The molecule has 2 heterocycles. The molecule has 3 aromatic rings. The third kappa shape index (κ3) is 7.05. The number of alkyl halides is 2. The van der Waals surface area contributed by atoms with E-state index in [4.69, 9.17) is 4.74 Å². The summed E-state index contributed by atoms with van der Waals surface area (Å²) in [7, 11) is 1.48. The standard InChI is InChI=1S/C20H24F2N8O3/c1-13(21)33-16-5-3-14(4-6-16)9-24-20(32)18-12-30(28-26-18)10-15(22)7-8-29-11-17(25-27-29)19(31)23-2/h3-6,11-13,15H,7-10H2,1-2H3,(H,23,31)(H,24,32). The minimum absolute atomic E-state index is 0.0555. The molecule has 13 heteroatoms. The number of halogens is 2. The lowest BCUT2D eigenvalue weighted by Gasteiger charge is -2.08. The Morgan fingerprint density at radius 2 is 1.67 bits per heavy atom. The molecule has 176 valence electrons. The summed E-state index contributed by atoms with van der Waals surface area (Å²) in [5, 5.41) is 20.2. The molecule has 2 atom stereocenters. The molecule has 0 aliphatic carbocycles. The zero-order chi connectivity index (χ0) is 23.8. The Labute approximate surface area is 188 Å². The summed E-state index contributed by atoms with van der Waals surface area (Å²) in [6.07, 6.45) is 0.222. The van der Waals surface area contributed by atoms with Gasteiger partial charge in [0.1, 0.15) is 11.9 Å². The first-order valence-electron chi connectivity index (χ1n) is 10.2. The first-order valence-corrected chi connectivity index (χ1v) is 10.2. The number of hydrogen-bond donors (Lipinski definition) is 2. The molecule has 2 unspecified atom stereocenters. The molecule has 0 fully saturated rings. The number of benzene rings is 1. The molecule has 0 aliphatic rings. The number of nitrogens with zero attached hydrogens (tertiary/aromatic N) is 6. The lowest BCUT2D eigenvalue weighted by atomic mass is 10.2. The van der Waals surface area contributed by atoms with Crippen molar-refractivity contribution in [3.63, 3.8) is 0 Å². The molecular weight excluding hydrogens is 438 g/mol. The van der Waals surface area contributed by atoms with Gasteiger partial charge in [-0.1, -0.05) is 22.6 Å². The second-order valence-electron chi connectivity index (χ2n) is 7.15. The van der Waals surface area contributed by atoms with Crippen LogP contribution in [0.15, 0.2) is 36.7 Å². The van der Waals surface area contributed by atoms with Gasteiger partial charge in [0, 0.05) is 33.5 Å². The third-order valence-electron chi connectivity index (χ3n) is 4.50. The van der Waals surface area contributed by atoms with Gasteiger partial charge in [-0.2, -0.15) is 0 Å². The fraction of sp³-hybridized carbons (Fsp3) is 0.400. The molecule has 0 bridgehead atoms. The fourth-order valence-corrected chi connectivity index (χ4v) is 2.84. The van der Waals surface area contributed by atoms with E-state index in [1.165, 1.54) is 35.7 Å². The van der Waals surface area contributed by atoms with Gasteiger partial charge >= 0.3 is 0 Å². The molecule has 2 aromatic heterocycles. The van der Waals surface area contributed by atoms with Gasteiger partial charge in [-0.05, 0) is 17.7 Å². The van der Waals surface area contributed by atoms with Gasteiger partial charge in [0.15, 0.2) is 11.4 Å². The maximum atomic E-state index is 14.3. The van der Waals surface area contributed by atoms with Crippen molar-refractivity contribution in [2.45, 2.75) is 45.5 Å². The van der Waals surface area contributed by atoms with Crippen LogP contribution < -0.4 is 15.4 Å². The second kappa shape index (κ2) is 11.1. The molecule has 0 saturated carbocycles. The number of ether oxygens (including phenoxy) is 1. The molecule has 0 aliphatic heterocycles. The summed E-state index contributed by atoms with van der Waals surface area (Å²) in [5.41, 5.74) is 0.990. The number of nitrogens with one attached hydrogen (secondary N) is 2. The zero-order valence-electron chi connectivity index (χ0n) is 18.1. The van der Waals surface area contributed by atoms with E-state index >= 15 is 0 Å². The summed E-state index contributed by atoms with van der Waals surface area (Å²) >= 11 is 0. The monoisotopic (exact) mass is 462 g/mol. The molecule has 11 nitrogen and oxygen atoms in total. The van der Waals surface area contributed by atoms with Crippen LogP contribution in [0.3, 0.4) is 0 Å². The van der Waals surface area contributed by atoms with Crippen LogP contribution in [0.1, 0.15) is 39.9 Å². The molecule has 3 rings (SSSR count). The fourth-order valence-electron chi connectivity index (χ4n) is 2.84. The first kappa shape index (κ1) is 23.8. The first-order chi connectivity index (χ1) is 15.8. The van der Waals surface area contributed by atoms with Crippen LogP contribution in [0.5, 0.6) is 5.75 Å². The van der Waals surface area contributed by atoms with Crippen molar-refractivity contribution < 1.29 is 23.1 Å². The van der Waals surface area contributed by atoms with Gasteiger partial charge in [0.2, 0.25) is 6.36 Å². The summed E-state index contributed by atoms with van der Waals surface area (Å²) in [5.74, 6) is -0.442. The SMILES string of the molecule is CNC(=O)c1cn(CCC(F)Cn2cc(C(=O)NCc3ccc(OC(C)F)cc3)nn2)nn1. The van der Waals surface area contributed by atoms with Gasteiger partial charge < -0.3 is 15.4 Å². The average Bonchev–Trinajstić information content (AvgIpc) is 3.46. The molecule has 0 spiro atoms. The molecular formula is C20H24F2N8O3. The third-order valence-corrected chi connectivity index (χ3v) is 4.50. The van der Waals surface area contributed by atoms with Crippen molar-refractivity contribution >= 4 is 11.8 Å². The maximum absolute atomic E-state index is 14.3. The van der Waals surface area contributed by atoms with Crippen molar-refractivity contribution in [3.05, 3.63) is 53.6 Å². The molecule has 1 aromatic carbocycles. The lowest BCUT2D eigenvalue weighted by molar-refractivity contribution is 0.0860. The highest BCUT2D eigenvalue weighted by atomic mass is 19.1. The largest absolute Gasteiger partial charge is 0.461 e. The Kier molecular flexibility index (Phi) is 8.00. The number of carbonyl (C=O) groups excluding carboxylic acids is 2. The molecule has 0 saturated heterocycles. The Morgan fingerprint density at radius 1 is 1.03 bits per heavy atom. The zero-order valence-corrected chi connectivity index (χ0v) is 18.1. The maximum Gasteiger partial charge on any atom is 0.273 e. The quantitative estimate of drug-likeness (QED) is 0.439. The Hall–Kier alpha value is -3.90. The number of aryl methyl sites for hydroxylation is 1. The van der Waals surface area contributed by atoms with E-state index in [2.05, 4.69) is 31.3 Å². The highest BCUT2D eigenvalue weighted by molar-refractivity contribution is 5.92. The van der Waals surface area contributed by atoms with Gasteiger partial charge in [0.05, 0.1) is 18.9 Å². The topological polar surface area (TPSA) is 129 Å². The second-order valence-corrected chi connectivity index (χ2v) is 7.15.